The minimum atomic E-state index is -1.34. The molecular weight excluding hydrogens is 575 g/mol. The van der Waals surface area contributed by atoms with Crippen LogP contribution < -0.4 is 5.19 Å². The highest BCUT2D eigenvalue weighted by molar-refractivity contribution is 6.88. The van der Waals surface area contributed by atoms with Crippen LogP contribution in [0.25, 0.3) is 67.5 Å². The zero-order valence-corrected chi connectivity index (χ0v) is 27.4. The summed E-state index contributed by atoms with van der Waals surface area (Å²) in [6, 6.07) is 55.3. The second-order valence-corrected chi connectivity index (χ2v) is 17.7. The fraction of sp³-hybridized carbons (Fsp3) is 0.0714. The van der Waals surface area contributed by atoms with E-state index in [0.29, 0.717) is 17.5 Å². The van der Waals surface area contributed by atoms with Crippen LogP contribution in [-0.2, 0) is 0 Å². The molecule has 0 fully saturated rings. The molecule has 7 aromatic rings. The highest BCUT2D eigenvalue weighted by Gasteiger charge is 2.16. The Balaban J connectivity index is 1.26. The van der Waals surface area contributed by atoms with Crippen molar-refractivity contribution in [2.75, 3.05) is 0 Å². The lowest BCUT2D eigenvalue weighted by Crippen LogP contribution is -2.37. The van der Waals surface area contributed by atoms with Gasteiger partial charge >= 0.3 is 0 Å². The molecule has 0 N–H and O–H groups in total. The van der Waals surface area contributed by atoms with Crippen LogP contribution in [0.4, 0.5) is 0 Å². The van der Waals surface area contributed by atoms with E-state index in [2.05, 4.69) is 141 Å². The summed E-state index contributed by atoms with van der Waals surface area (Å²) in [6.45, 7) is 7.15. The summed E-state index contributed by atoms with van der Waals surface area (Å²) < 4.78 is 0. The van der Waals surface area contributed by atoms with E-state index in [1.165, 1.54) is 21.9 Å². The van der Waals surface area contributed by atoms with E-state index >= 15 is 0 Å². The quantitative estimate of drug-likeness (QED) is 0.169. The largest absolute Gasteiger partial charge is 0.208 e. The number of nitrogens with zero attached hydrogens (tertiary/aromatic N) is 3. The summed E-state index contributed by atoms with van der Waals surface area (Å²) in [7, 11) is -1.34. The molecule has 0 amide bonds. The van der Waals surface area contributed by atoms with Crippen LogP contribution in [-0.4, -0.2) is 23.0 Å². The molecule has 46 heavy (non-hydrogen) atoms. The molecule has 222 valence electrons. The fourth-order valence-corrected chi connectivity index (χ4v) is 6.84. The number of hydrogen-bond donors (Lipinski definition) is 0. The van der Waals surface area contributed by atoms with Crippen molar-refractivity contribution < 1.29 is 0 Å². The Hall–Kier alpha value is -5.45. The van der Waals surface area contributed by atoms with Gasteiger partial charge in [0.1, 0.15) is 0 Å². The van der Waals surface area contributed by atoms with E-state index in [4.69, 9.17) is 15.0 Å². The Labute approximate surface area is 272 Å². The third-order valence-electron chi connectivity index (χ3n) is 8.32. The average Bonchev–Trinajstić information content (AvgIpc) is 3.12. The molecule has 6 aromatic carbocycles. The van der Waals surface area contributed by atoms with Gasteiger partial charge in [0.2, 0.25) is 0 Å². The fourth-order valence-electron chi connectivity index (χ4n) is 5.67. The molecule has 0 bridgehead atoms. The summed E-state index contributed by atoms with van der Waals surface area (Å²) in [6.07, 6.45) is 0. The number of aromatic nitrogens is 3. The van der Waals surface area contributed by atoms with Gasteiger partial charge in [-0.05, 0) is 45.5 Å². The Morgan fingerprint density at radius 1 is 0.304 bits per heavy atom. The van der Waals surface area contributed by atoms with Crippen LogP contribution >= 0.6 is 0 Å². The topological polar surface area (TPSA) is 38.7 Å². The van der Waals surface area contributed by atoms with E-state index in [1.807, 2.05) is 36.4 Å². The van der Waals surface area contributed by atoms with Gasteiger partial charge < -0.3 is 0 Å². The van der Waals surface area contributed by atoms with Crippen molar-refractivity contribution in [2.45, 2.75) is 19.6 Å². The first-order valence-corrected chi connectivity index (χ1v) is 19.2. The lowest BCUT2D eigenvalue weighted by atomic mass is 9.98. The molecule has 0 radical (unpaired) electrons. The highest BCUT2D eigenvalue weighted by Crippen LogP contribution is 2.31. The normalized spacial score (nSPS) is 11.4. The van der Waals surface area contributed by atoms with Crippen molar-refractivity contribution in [3.8, 4) is 67.5 Å². The van der Waals surface area contributed by atoms with Crippen molar-refractivity contribution in [1.29, 1.82) is 0 Å². The maximum Gasteiger partial charge on any atom is 0.164 e. The van der Waals surface area contributed by atoms with Gasteiger partial charge in [-0.15, -0.1) is 0 Å². The van der Waals surface area contributed by atoms with Crippen molar-refractivity contribution >= 4 is 13.3 Å². The Kier molecular flexibility index (Phi) is 7.96. The third-order valence-corrected chi connectivity index (χ3v) is 10.4. The van der Waals surface area contributed by atoms with Crippen LogP contribution in [0.15, 0.2) is 158 Å². The third kappa shape index (κ3) is 6.34. The van der Waals surface area contributed by atoms with E-state index in [-0.39, 0.29) is 0 Å². The molecule has 0 aliphatic carbocycles. The molecule has 7 rings (SSSR count). The zero-order chi connectivity index (χ0) is 31.5. The maximum absolute atomic E-state index is 5.01. The van der Waals surface area contributed by atoms with Crippen LogP contribution in [0.3, 0.4) is 0 Å². The molecule has 3 nitrogen and oxygen atoms in total. The van der Waals surface area contributed by atoms with Gasteiger partial charge in [-0.2, -0.15) is 0 Å². The second-order valence-electron chi connectivity index (χ2n) is 12.6. The average molecular weight is 610 g/mol. The minimum absolute atomic E-state index is 0.649. The van der Waals surface area contributed by atoms with Crippen LogP contribution in [0.5, 0.6) is 0 Å². The molecule has 0 saturated carbocycles. The van der Waals surface area contributed by atoms with Gasteiger partial charge in [0.05, 0.1) is 8.07 Å². The molecule has 0 aliphatic rings. The maximum atomic E-state index is 5.01. The predicted octanol–water partition coefficient (Wildman–Crippen LogP) is 10.4. The lowest BCUT2D eigenvalue weighted by molar-refractivity contribution is 1.07. The molecule has 0 saturated heterocycles. The SMILES string of the molecule is C[Si](C)(C)c1ccc(-c2cccc(-c3cccc(-c4nc(-c5ccccc5)nc(-c5ccc(-c6ccccc6)cc5)n4)c3)c2)cc1. The molecule has 4 heteroatoms. The van der Waals surface area contributed by atoms with Crippen molar-refractivity contribution in [3.05, 3.63) is 158 Å². The second kappa shape index (κ2) is 12.5. The standard InChI is InChI=1S/C42H35N3Si/c1-46(2,3)39-26-24-32(25-27-39)35-16-10-17-36(28-35)37-18-11-19-38(29-37)42-44-40(33-14-8-5-9-15-33)43-41(45-42)34-22-20-31(21-23-34)30-12-6-4-7-13-30/h4-29H,1-3H3. The Bertz CT molecular complexity index is 2100. The molecular formula is C42H35N3Si. The lowest BCUT2D eigenvalue weighted by Gasteiger charge is -2.17. The highest BCUT2D eigenvalue weighted by atomic mass is 28.3. The first kappa shape index (κ1) is 29.3. The van der Waals surface area contributed by atoms with Gasteiger partial charge in [0.25, 0.3) is 0 Å². The van der Waals surface area contributed by atoms with E-state index in [9.17, 15) is 0 Å². The summed E-state index contributed by atoms with van der Waals surface area (Å²) in [5.74, 6) is 1.95. The Morgan fingerprint density at radius 3 is 1.17 bits per heavy atom. The molecule has 1 heterocycles. The first-order chi connectivity index (χ1) is 22.4. The minimum Gasteiger partial charge on any atom is -0.208 e. The summed E-state index contributed by atoms with van der Waals surface area (Å²) >= 11 is 0. The van der Waals surface area contributed by atoms with Gasteiger partial charge in [-0.25, -0.2) is 15.0 Å². The molecule has 0 spiro atoms. The molecule has 0 atom stereocenters. The Morgan fingerprint density at radius 2 is 0.630 bits per heavy atom. The summed E-state index contributed by atoms with van der Waals surface area (Å²) in [5, 5.41) is 1.47. The first-order valence-electron chi connectivity index (χ1n) is 15.7. The number of rotatable bonds is 7. The van der Waals surface area contributed by atoms with Crippen molar-refractivity contribution in [3.63, 3.8) is 0 Å². The van der Waals surface area contributed by atoms with Crippen LogP contribution in [0, 0.1) is 0 Å². The van der Waals surface area contributed by atoms with Gasteiger partial charge in [-0.1, -0.05) is 170 Å². The number of benzene rings is 6. The van der Waals surface area contributed by atoms with Crippen LogP contribution in [0.2, 0.25) is 19.6 Å². The van der Waals surface area contributed by atoms with Gasteiger partial charge in [-0.3, -0.25) is 0 Å². The number of hydrogen-bond acceptors (Lipinski definition) is 3. The smallest absolute Gasteiger partial charge is 0.164 e. The van der Waals surface area contributed by atoms with E-state index in [0.717, 1.165) is 33.4 Å². The molecule has 1 aromatic heterocycles. The van der Waals surface area contributed by atoms with Crippen LogP contribution in [0.1, 0.15) is 0 Å². The summed E-state index contributed by atoms with van der Waals surface area (Å²) in [5.41, 5.74) is 9.90. The van der Waals surface area contributed by atoms with Crippen molar-refractivity contribution in [1.82, 2.24) is 15.0 Å². The monoisotopic (exact) mass is 609 g/mol. The van der Waals surface area contributed by atoms with Gasteiger partial charge in [0, 0.05) is 16.7 Å². The zero-order valence-electron chi connectivity index (χ0n) is 26.4. The molecule has 0 unspecified atom stereocenters. The van der Waals surface area contributed by atoms with E-state index < -0.39 is 8.07 Å². The predicted molar refractivity (Wildman–Crippen MR) is 195 cm³/mol. The van der Waals surface area contributed by atoms with Gasteiger partial charge in [0.15, 0.2) is 17.5 Å². The molecule has 0 aliphatic heterocycles. The van der Waals surface area contributed by atoms with Crippen molar-refractivity contribution in [2.24, 2.45) is 0 Å². The van der Waals surface area contributed by atoms with E-state index in [1.54, 1.807) is 0 Å². The summed E-state index contributed by atoms with van der Waals surface area (Å²) in [4.78, 5) is 14.9.